The van der Waals surface area contributed by atoms with E-state index in [-0.39, 0.29) is 12.1 Å². The van der Waals surface area contributed by atoms with Crippen molar-refractivity contribution in [3.05, 3.63) is 93.5 Å². The lowest BCUT2D eigenvalue weighted by molar-refractivity contribution is 0.394. The van der Waals surface area contributed by atoms with E-state index < -0.39 is 0 Å². The van der Waals surface area contributed by atoms with Gasteiger partial charge in [-0.1, -0.05) is 47.5 Å². The number of hydrogen-bond donors (Lipinski definition) is 1. The van der Waals surface area contributed by atoms with Crippen molar-refractivity contribution in [1.29, 1.82) is 0 Å². The quantitative estimate of drug-likeness (QED) is 0.556. The first-order valence-electron chi connectivity index (χ1n) is 9.16. The summed E-state index contributed by atoms with van der Waals surface area (Å²) < 4.78 is 10.8. The molecule has 2 atom stereocenters. The molecule has 1 aliphatic heterocycles. The minimum absolute atomic E-state index is 0.0411. The third-order valence-electron chi connectivity index (χ3n) is 4.94. The highest BCUT2D eigenvalue weighted by molar-refractivity contribution is 6.30. The van der Waals surface area contributed by atoms with Crippen molar-refractivity contribution in [2.45, 2.75) is 12.1 Å². The van der Waals surface area contributed by atoms with E-state index in [9.17, 15) is 0 Å². The standard InChI is InChI=1S/C23H20Cl2N2O2/c1-28-19-11-16(12-20(13-19)29-2)23-26-21(14-3-7-17(24)8-4-14)22(27-23)15-5-9-18(25)10-6-15/h3-13,21-22H,1-2H3,(H,26,27)/t21-,22+. The van der Waals surface area contributed by atoms with Crippen LogP contribution in [0.2, 0.25) is 10.0 Å². The van der Waals surface area contributed by atoms with Gasteiger partial charge in [0, 0.05) is 21.7 Å². The Morgan fingerprint density at radius 2 is 1.28 bits per heavy atom. The van der Waals surface area contributed by atoms with Crippen molar-refractivity contribution in [3.8, 4) is 11.5 Å². The molecule has 0 aromatic heterocycles. The van der Waals surface area contributed by atoms with Crippen molar-refractivity contribution in [2.24, 2.45) is 4.99 Å². The fraction of sp³-hybridized carbons (Fsp3) is 0.174. The summed E-state index contributed by atoms with van der Waals surface area (Å²) >= 11 is 12.2. The van der Waals surface area contributed by atoms with E-state index in [0.717, 1.165) is 22.5 Å². The van der Waals surface area contributed by atoms with E-state index in [4.69, 9.17) is 37.7 Å². The molecule has 0 saturated heterocycles. The van der Waals surface area contributed by atoms with Crippen LogP contribution in [0.1, 0.15) is 28.8 Å². The van der Waals surface area contributed by atoms with Crippen LogP contribution in [0.3, 0.4) is 0 Å². The van der Waals surface area contributed by atoms with Crippen LogP contribution in [0, 0.1) is 0 Å². The number of benzene rings is 3. The molecule has 3 aromatic rings. The Morgan fingerprint density at radius 1 is 0.759 bits per heavy atom. The molecule has 0 amide bonds. The molecule has 0 aliphatic carbocycles. The van der Waals surface area contributed by atoms with Crippen LogP contribution in [-0.2, 0) is 0 Å². The van der Waals surface area contributed by atoms with E-state index in [2.05, 4.69) is 5.32 Å². The predicted molar refractivity (Wildman–Crippen MR) is 118 cm³/mol. The molecular weight excluding hydrogens is 407 g/mol. The Bertz CT molecular complexity index is 1010. The molecular formula is C23H20Cl2N2O2. The van der Waals surface area contributed by atoms with Crippen LogP contribution in [-0.4, -0.2) is 20.1 Å². The molecule has 1 heterocycles. The molecule has 0 unspecified atom stereocenters. The molecule has 0 spiro atoms. The predicted octanol–water partition coefficient (Wildman–Crippen LogP) is 5.84. The van der Waals surface area contributed by atoms with E-state index in [1.165, 1.54) is 0 Å². The average Bonchev–Trinajstić information content (AvgIpc) is 3.20. The van der Waals surface area contributed by atoms with Crippen LogP contribution in [0.25, 0.3) is 0 Å². The molecule has 6 heteroatoms. The van der Waals surface area contributed by atoms with Crippen LogP contribution in [0.4, 0.5) is 0 Å². The summed E-state index contributed by atoms with van der Waals surface area (Å²) in [6.45, 7) is 0. The Morgan fingerprint density at radius 3 is 1.79 bits per heavy atom. The molecule has 1 aliphatic rings. The van der Waals surface area contributed by atoms with Gasteiger partial charge in [0.25, 0.3) is 0 Å². The highest BCUT2D eigenvalue weighted by Crippen LogP contribution is 2.38. The summed E-state index contributed by atoms with van der Waals surface area (Å²) in [5, 5.41) is 4.97. The number of methoxy groups -OCH3 is 2. The lowest BCUT2D eigenvalue weighted by Gasteiger charge is -2.20. The molecule has 0 bridgehead atoms. The topological polar surface area (TPSA) is 42.9 Å². The summed E-state index contributed by atoms with van der Waals surface area (Å²) in [6.07, 6.45) is 0. The van der Waals surface area contributed by atoms with Gasteiger partial charge < -0.3 is 14.8 Å². The Kier molecular flexibility index (Phi) is 5.65. The number of rotatable bonds is 5. The van der Waals surface area contributed by atoms with Gasteiger partial charge in [-0.3, -0.25) is 4.99 Å². The minimum atomic E-state index is -0.111. The SMILES string of the molecule is COc1cc(OC)cc(C2=N[C@H](c3ccc(Cl)cc3)[C@H](c3ccc(Cl)cc3)N2)c1. The second-order valence-electron chi connectivity index (χ2n) is 6.75. The number of nitrogens with one attached hydrogen (secondary N) is 1. The Balaban J connectivity index is 1.76. The van der Waals surface area contributed by atoms with Gasteiger partial charge in [-0.2, -0.15) is 0 Å². The summed E-state index contributed by atoms with van der Waals surface area (Å²) in [5.74, 6) is 2.20. The molecule has 4 rings (SSSR count). The zero-order valence-corrected chi connectivity index (χ0v) is 17.5. The molecule has 1 N–H and O–H groups in total. The molecule has 4 nitrogen and oxygen atoms in total. The van der Waals surface area contributed by atoms with E-state index in [0.29, 0.717) is 21.5 Å². The maximum Gasteiger partial charge on any atom is 0.129 e. The van der Waals surface area contributed by atoms with Gasteiger partial charge in [-0.25, -0.2) is 0 Å². The highest BCUT2D eigenvalue weighted by atomic mass is 35.5. The van der Waals surface area contributed by atoms with Crippen LogP contribution in [0.15, 0.2) is 71.7 Å². The van der Waals surface area contributed by atoms with E-state index >= 15 is 0 Å². The number of aliphatic imine (C=N–C) groups is 1. The number of hydrogen-bond acceptors (Lipinski definition) is 4. The first-order valence-corrected chi connectivity index (χ1v) is 9.91. The van der Waals surface area contributed by atoms with E-state index in [1.807, 2.05) is 66.7 Å². The van der Waals surface area contributed by atoms with Crippen LogP contribution in [0.5, 0.6) is 11.5 Å². The van der Waals surface area contributed by atoms with Crippen molar-refractivity contribution >= 4 is 29.0 Å². The molecule has 0 saturated carbocycles. The molecule has 0 radical (unpaired) electrons. The normalized spacial score (nSPS) is 18.1. The summed E-state index contributed by atoms with van der Waals surface area (Å²) in [4.78, 5) is 5.01. The van der Waals surface area contributed by atoms with Gasteiger partial charge in [0.2, 0.25) is 0 Å². The fourth-order valence-electron chi connectivity index (χ4n) is 3.44. The van der Waals surface area contributed by atoms with Gasteiger partial charge >= 0.3 is 0 Å². The third kappa shape index (κ3) is 4.19. The Hall–Kier alpha value is -2.69. The van der Waals surface area contributed by atoms with Gasteiger partial charge in [0.15, 0.2) is 0 Å². The highest BCUT2D eigenvalue weighted by Gasteiger charge is 2.32. The molecule has 148 valence electrons. The van der Waals surface area contributed by atoms with Crippen molar-refractivity contribution in [1.82, 2.24) is 5.32 Å². The largest absolute Gasteiger partial charge is 0.497 e. The minimum Gasteiger partial charge on any atom is -0.497 e. The first kappa shape index (κ1) is 19.6. The van der Waals surface area contributed by atoms with Gasteiger partial charge in [0.1, 0.15) is 23.4 Å². The second-order valence-corrected chi connectivity index (χ2v) is 7.62. The lowest BCUT2D eigenvalue weighted by Crippen LogP contribution is -2.25. The number of halogens is 2. The van der Waals surface area contributed by atoms with Crippen LogP contribution >= 0.6 is 23.2 Å². The lowest BCUT2D eigenvalue weighted by atomic mass is 9.95. The van der Waals surface area contributed by atoms with Crippen LogP contribution < -0.4 is 14.8 Å². The summed E-state index contributed by atoms with van der Waals surface area (Å²) in [6, 6.07) is 21.2. The zero-order chi connectivity index (χ0) is 20.4. The molecule has 0 fully saturated rings. The molecule has 3 aromatic carbocycles. The number of ether oxygens (including phenoxy) is 2. The van der Waals surface area contributed by atoms with Gasteiger partial charge in [-0.05, 0) is 47.5 Å². The fourth-order valence-corrected chi connectivity index (χ4v) is 3.69. The number of nitrogens with zero attached hydrogens (tertiary/aromatic N) is 1. The maximum absolute atomic E-state index is 6.09. The van der Waals surface area contributed by atoms with Crippen molar-refractivity contribution in [2.75, 3.05) is 14.2 Å². The number of amidine groups is 1. The zero-order valence-electron chi connectivity index (χ0n) is 16.0. The summed E-state index contributed by atoms with van der Waals surface area (Å²) in [5.41, 5.74) is 3.08. The Labute approximate surface area is 180 Å². The second kappa shape index (κ2) is 8.36. The monoisotopic (exact) mass is 426 g/mol. The third-order valence-corrected chi connectivity index (χ3v) is 5.45. The average molecular weight is 427 g/mol. The van der Waals surface area contributed by atoms with Gasteiger partial charge in [0.05, 0.1) is 20.3 Å². The first-order chi connectivity index (χ1) is 14.1. The van der Waals surface area contributed by atoms with Gasteiger partial charge in [-0.15, -0.1) is 0 Å². The smallest absolute Gasteiger partial charge is 0.129 e. The van der Waals surface area contributed by atoms with Crippen molar-refractivity contribution in [3.63, 3.8) is 0 Å². The summed E-state index contributed by atoms with van der Waals surface area (Å²) in [7, 11) is 3.27. The molecule has 29 heavy (non-hydrogen) atoms. The maximum atomic E-state index is 6.09. The van der Waals surface area contributed by atoms with E-state index in [1.54, 1.807) is 14.2 Å². The van der Waals surface area contributed by atoms with Crippen molar-refractivity contribution < 1.29 is 9.47 Å².